The maximum atomic E-state index is 12.1. The molecule has 0 unspecified atom stereocenters. The Balaban J connectivity index is 0.000000560. The van der Waals surface area contributed by atoms with E-state index in [1.54, 1.807) is 12.1 Å². The van der Waals surface area contributed by atoms with Crippen molar-refractivity contribution in [2.45, 2.75) is 359 Å². The molecule has 4 rings (SSSR count). The normalized spacial score (nSPS) is 11.8. The first kappa shape index (κ1) is 77.9. The maximum Gasteiger partial charge on any atom is 2.00 e. The number of hydrogen-bond donors (Lipinski definition) is 0. The summed E-state index contributed by atoms with van der Waals surface area (Å²) in [4.78, 5) is -0.0801. The fourth-order valence-electron chi connectivity index (χ4n) is 12.2. The maximum absolute atomic E-state index is 12.1. The van der Waals surface area contributed by atoms with Crippen molar-refractivity contribution in [3.05, 3.63) is 82.9 Å². The molecule has 6 nitrogen and oxygen atoms in total. The molecule has 0 aliphatic carbocycles. The Kier molecular flexibility index (Phi) is 47.5. The monoisotopic (exact) mass is 1310 g/mol. The topological polar surface area (TPSA) is 114 Å². The molecular formula is C74H122BaO6S2. The molecule has 468 valence electrons. The Morgan fingerprint density at radius 2 is 0.446 bits per heavy atom. The molecular weight excluding hydrogens is 1190 g/mol. The van der Waals surface area contributed by atoms with Crippen LogP contribution in [0.4, 0.5) is 0 Å². The molecule has 0 radical (unpaired) electrons. The van der Waals surface area contributed by atoms with Crippen LogP contribution in [0.2, 0.25) is 0 Å². The standard InChI is InChI=1S/2C37H62O3S.Ba/c2*1-3-5-7-9-11-12-13-14-15-16-17-18-19-21-22-24-26-33-28-29-35-30-34(27-25-23-20-10-8-6-4-2)32-37(36(35)31-33)41(38,39)40;/h2*28-32H,3-27H2,1-2H3,(H,38,39,40);/q;;+2/p-2. The molecule has 0 spiro atoms. The summed E-state index contributed by atoms with van der Waals surface area (Å²) in [6, 6.07) is 19.6. The van der Waals surface area contributed by atoms with Gasteiger partial charge in [-0.2, -0.15) is 0 Å². The van der Waals surface area contributed by atoms with E-state index < -0.39 is 20.2 Å². The molecule has 0 saturated heterocycles. The Labute approximate surface area is 552 Å². The summed E-state index contributed by atoms with van der Waals surface area (Å²) in [6.07, 6.45) is 64.0. The average Bonchev–Trinajstić information content (AvgIpc) is 3.67. The minimum absolute atomic E-state index is 0. The van der Waals surface area contributed by atoms with Crippen LogP contribution in [0.15, 0.2) is 70.5 Å². The van der Waals surface area contributed by atoms with E-state index in [1.807, 2.05) is 24.3 Å². The third-order valence-electron chi connectivity index (χ3n) is 17.4. The number of benzene rings is 4. The van der Waals surface area contributed by atoms with Gasteiger partial charge in [0.1, 0.15) is 20.2 Å². The van der Waals surface area contributed by atoms with E-state index in [2.05, 4.69) is 52.0 Å². The van der Waals surface area contributed by atoms with E-state index in [0.29, 0.717) is 10.8 Å². The van der Waals surface area contributed by atoms with Gasteiger partial charge < -0.3 is 9.11 Å². The second kappa shape index (κ2) is 50.6. The fraction of sp³-hybridized carbons (Fsp3) is 0.730. The van der Waals surface area contributed by atoms with Gasteiger partial charge in [-0.3, -0.25) is 0 Å². The van der Waals surface area contributed by atoms with Crippen LogP contribution < -0.4 is 0 Å². The van der Waals surface area contributed by atoms with E-state index in [4.69, 9.17) is 0 Å². The molecule has 0 N–H and O–H groups in total. The summed E-state index contributed by atoms with van der Waals surface area (Å²) in [5.41, 5.74) is 4.19. The molecule has 83 heavy (non-hydrogen) atoms. The smallest absolute Gasteiger partial charge is 0.744 e. The van der Waals surface area contributed by atoms with Gasteiger partial charge in [-0.15, -0.1) is 0 Å². The zero-order chi connectivity index (χ0) is 59.2. The average molecular weight is 1310 g/mol. The van der Waals surface area contributed by atoms with Crippen molar-refractivity contribution in [2.24, 2.45) is 0 Å². The van der Waals surface area contributed by atoms with Crippen LogP contribution in [0.3, 0.4) is 0 Å². The number of rotatable bonds is 52. The van der Waals surface area contributed by atoms with Gasteiger partial charge in [-0.05, 0) is 119 Å². The van der Waals surface area contributed by atoms with Crippen molar-refractivity contribution in [3.8, 4) is 0 Å². The van der Waals surface area contributed by atoms with Gasteiger partial charge in [-0.25, -0.2) is 16.8 Å². The summed E-state index contributed by atoms with van der Waals surface area (Å²) in [5, 5.41) is 2.93. The first-order valence-electron chi connectivity index (χ1n) is 34.9. The van der Waals surface area contributed by atoms with Crippen LogP contribution in [0.5, 0.6) is 0 Å². The van der Waals surface area contributed by atoms with Crippen molar-refractivity contribution in [1.29, 1.82) is 0 Å². The summed E-state index contributed by atoms with van der Waals surface area (Å²) < 4.78 is 72.9. The number of fused-ring (bicyclic) bond motifs is 2. The molecule has 0 fully saturated rings. The quantitative estimate of drug-likeness (QED) is 0.0247. The molecule has 4 aromatic rings. The van der Waals surface area contributed by atoms with E-state index in [1.165, 1.54) is 257 Å². The zero-order valence-corrected chi connectivity index (χ0v) is 60.2. The number of aryl methyl sites for hydroxylation is 4. The van der Waals surface area contributed by atoms with Gasteiger partial charge in [0.15, 0.2) is 0 Å². The molecule has 0 heterocycles. The SMILES string of the molecule is CCCCCCCCCCCCCCCCCCc1ccc2cc(CCCCCCCCC)cc(S(=O)(=O)[O-])c2c1.CCCCCCCCCCCCCCCCCCc1ccc2cc(CCCCCCCCC)cc(S(=O)(=O)[O-])c2c1.[Ba+2]. The molecule has 0 saturated carbocycles. The largest absolute Gasteiger partial charge is 2.00 e. The summed E-state index contributed by atoms with van der Waals surface area (Å²) in [6.45, 7) is 9.02. The van der Waals surface area contributed by atoms with Crippen molar-refractivity contribution in [3.63, 3.8) is 0 Å². The minimum atomic E-state index is -4.52. The molecule has 0 aromatic heterocycles. The van der Waals surface area contributed by atoms with Crippen LogP contribution in [-0.2, 0) is 45.9 Å². The van der Waals surface area contributed by atoms with Crippen LogP contribution in [0.25, 0.3) is 21.5 Å². The van der Waals surface area contributed by atoms with Crippen molar-refractivity contribution < 1.29 is 25.9 Å². The molecule has 0 bridgehead atoms. The Bertz CT molecular complexity index is 2260. The molecule has 0 atom stereocenters. The van der Waals surface area contributed by atoms with Gasteiger partial charge in [0.05, 0.1) is 9.79 Å². The number of hydrogen-bond acceptors (Lipinski definition) is 6. The first-order valence-corrected chi connectivity index (χ1v) is 37.8. The van der Waals surface area contributed by atoms with Gasteiger partial charge >= 0.3 is 48.9 Å². The van der Waals surface area contributed by atoms with Gasteiger partial charge in [0, 0.05) is 0 Å². The molecule has 0 aliphatic heterocycles. The second-order valence-electron chi connectivity index (χ2n) is 25.1. The Hall–Kier alpha value is -1.21. The third kappa shape index (κ3) is 38.1. The molecule has 9 heteroatoms. The zero-order valence-electron chi connectivity index (χ0n) is 54.1. The van der Waals surface area contributed by atoms with Crippen molar-refractivity contribution in [1.82, 2.24) is 0 Å². The van der Waals surface area contributed by atoms with Crippen LogP contribution in [-0.4, -0.2) is 74.8 Å². The van der Waals surface area contributed by atoms with Crippen LogP contribution >= 0.6 is 0 Å². The first-order chi connectivity index (χ1) is 39.9. The summed E-state index contributed by atoms with van der Waals surface area (Å²) in [7, 11) is -9.03. The van der Waals surface area contributed by atoms with Gasteiger partial charge in [0.2, 0.25) is 0 Å². The van der Waals surface area contributed by atoms with E-state index in [-0.39, 0.29) is 58.7 Å². The van der Waals surface area contributed by atoms with Crippen molar-refractivity contribution >= 4 is 90.7 Å². The van der Waals surface area contributed by atoms with Crippen LogP contribution in [0, 0.1) is 0 Å². The van der Waals surface area contributed by atoms with E-state index >= 15 is 0 Å². The summed E-state index contributed by atoms with van der Waals surface area (Å²) in [5.74, 6) is 0. The Morgan fingerprint density at radius 3 is 0.651 bits per heavy atom. The van der Waals surface area contributed by atoms with Gasteiger partial charge in [0.25, 0.3) is 0 Å². The molecule has 0 aliphatic rings. The predicted octanol–water partition coefficient (Wildman–Crippen LogP) is 23.3. The minimum Gasteiger partial charge on any atom is -0.744 e. The second-order valence-corrected chi connectivity index (χ2v) is 27.8. The predicted molar refractivity (Wildman–Crippen MR) is 359 cm³/mol. The summed E-state index contributed by atoms with van der Waals surface area (Å²) >= 11 is 0. The van der Waals surface area contributed by atoms with Crippen molar-refractivity contribution in [2.75, 3.05) is 0 Å². The van der Waals surface area contributed by atoms with E-state index in [0.717, 1.165) is 97.2 Å². The Morgan fingerprint density at radius 1 is 0.253 bits per heavy atom. The third-order valence-corrected chi connectivity index (χ3v) is 19.1. The number of unbranched alkanes of at least 4 members (excludes halogenated alkanes) is 42. The van der Waals surface area contributed by atoms with E-state index in [9.17, 15) is 25.9 Å². The fourth-order valence-corrected chi connectivity index (χ4v) is 13.7. The molecule has 0 amide bonds. The molecule has 4 aromatic carbocycles. The van der Waals surface area contributed by atoms with Crippen LogP contribution in [0.1, 0.15) is 345 Å². The van der Waals surface area contributed by atoms with Gasteiger partial charge in [-0.1, -0.05) is 334 Å².